The van der Waals surface area contributed by atoms with E-state index in [1.54, 1.807) is 39.0 Å². The van der Waals surface area contributed by atoms with Crippen molar-refractivity contribution in [2.24, 2.45) is 0 Å². The van der Waals surface area contributed by atoms with Crippen molar-refractivity contribution in [1.82, 2.24) is 10.3 Å². The van der Waals surface area contributed by atoms with Crippen LogP contribution in [0, 0.1) is 11.3 Å². The summed E-state index contributed by atoms with van der Waals surface area (Å²) in [4.78, 5) is 29.0. The van der Waals surface area contributed by atoms with Gasteiger partial charge in [-0.1, -0.05) is 36.4 Å². The number of hydrogen-bond donors (Lipinski definition) is 3. The summed E-state index contributed by atoms with van der Waals surface area (Å²) < 4.78 is 16.6. The van der Waals surface area contributed by atoms with E-state index in [0.29, 0.717) is 23.4 Å². The number of furan rings is 1. The van der Waals surface area contributed by atoms with Crippen molar-refractivity contribution in [3.05, 3.63) is 90.1 Å². The molecule has 3 N–H and O–H groups in total. The molecule has 0 aliphatic carbocycles. The summed E-state index contributed by atoms with van der Waals surface area (Å²) in [5.41, 5.74) is 3.14. The number of amides is 1. The van der Waals surface area contributed by atoms with Gasteiger partial charge < -0.3 is 29.5 Å². The molecule has 2 aromatic heterocycles. The van der Waals surface area contributed by atoms with Crippen LogP contribution in [0.3, 0.4) is 0 Å². The highest BCUT2D eigenvalue weighted by Gasteiger charge is 2.29. The molecule has 9 heteroatoms. The summed E-state index contributed by atoms with van der Waals surface area (Å²) in [5, 5.41) is 18.3. The Morgan fingerprint density at radius 1 is 1.05 bits per heavy atom. The molecule has 0 aliphatic rings. The first-order valence-corrected chi connectivity index (χ1v) is 13.6. The summed E-state index contributed by atoms with van der Waals surface area (Å²) in [7, 11) is 1.30. The zero-order valence-electron chi connectivity index (χ0n) is 23.9. The second-order valence-electron chi connectivity index (χ2n) is 11.0. The number of anilines is 1. The van der Waals surface area contributed by atoms with Gasteiger partial charge in [0.15, 0.2) is 0 Å². The molecular weight excluding hydrogens is 532 g/mol. The third-order valence-electron chi connectivity index (χ3n) is 6.80. The van der Waals surface area contributed by atoms with Crippen LogP contribution < -0.4 is 10.6 Å². The number of methoxy groups -OCH3 is 1. The van der Waals surface area contributed by atoms with E-state index in [0.717, 1.165) is 27.4 Å². The van der Waals surface area contributed by atoms with Crippen molar-refractivity contribution >= 4 is 39.6 Å². The second kappa shape index (κ2) is 11.7. The third kappa shape index (κ3) is 6.23. The number of aromatic amines is 1. The number of nitrogens with zero attached hydrogens (tertiary/aromatic N) is 1. The number of fused-ring (bicyclic) bond motifs is 2. The van der Waals surface area contributed by atoms with Gasteiger partial charge in [0.2, 0.25) is 0 Å². The lowest BCUT2D eigenvalue weighted by atomic mass is 9.98. The second-order valence-corrected chi connectivity index (χ2v) is 11.0. The SMILES string of the molecule is COC(=O)c1cc(-c2cc3ccccc3o2)ccc1N[C@@H](C#N)[C@H](Cc1c[nH]c2ccccc12)NC(=O)OC(C)(C)C. The molecule has 0 saturated carbocycles. The minimum atomic E-state index is -0.938. The highest BCUT2D eigenvalue weighted by molar-refractivity contribution is 5.97. The van der Waals surface area contributed by atoms with Gasteiger partial charge in [-0.3, -0.25) is 0 Å². The molecule has 0 unspecified atom stereocenters. The minimum Gasteiger partial charge on any atom is -0.465 e. The fourth-order valence-corrected chi connectivity index (χ4v) is 4.87. The largest absolute Gasteiger partial charge is 0.465 e. The predicted molar refractivity (Wildman–Crippen MR) is 161 cm³/mol. The van der Waals surface area contributed by atoms with E-state index in [2.05, 4.69) is 21.7 Å². The Bertz CT molecular complexity index is 1760. The van der Waals surface area contributed by atoms with E-state index >= 15 is 0 Å². The molecule has 0 saturated heterocycles. The molecule has 2 atom stereocenters. The third-order valence-corrected chi connectivity index (χ3v) is 6.80. The molecule has 5 aromatic rings. The van der Waals surface area contributed by atoms with Crippen molar-refractivity contribution in [2.45, 2.75) is 44.9 Å². The number of nitriles is 1. The van der Waals surface area contributed by atoms with Gasteiger partial charge in [-0.05, 0) is 69.2 Å². The lowest BCUT2D eigenvalue weighted by molar-refractivity contribution is 0.0501. The first-order chi connectivity index (χ1) is 20.1. The molecule has 0 bridgehead atoms. The van der Waals surface area contributed by atoms with Gasteiger partial charge in [-0.2, -0.15) is 5.26 Å². The topological polar surface area (TPSA) is 129 Å². The highest BCUT2D eigenvalue weighted by Crippen LogP contribution is 2.31. The van der Waals surface area contributed by atoms with Crippen molar-refractivity contribution in [1.29, 1.82) is 5.26 Å². The normalized spacial score (nSPS) is 12.8. The number of aromatic nitrogens is 1. The van der Waals surface area contributed by atoms with E-state index in [9.17, 15) is 14.9 Å². The molecule has 0 radical (unpaired) electrons. The number of nitrogens with one attached hydrogen (secondary N) is 3. The number of H-pyrrole nitrogens is 1. The van der Waals surface area contributed by atoms with Gasteiger partial charge >= 0.3 is 12.1 Å². The average molecular weight is 565 g/mol. The quantitative estimate of drug-likeness (QED) is 0.177. The Morgan fingerprint density at radius 2 is 1.81 bits per heavy atom. The summed E-state index contributed by atoms with van der Waals surface area (Å²) >= 11 is 0. The lowest BCUT2D eigenvalue weighted by Gasteiger charge is -2.27. The summed E-state index contributed by atoms with van der Waals surface area (Å²) in [6.45, 7) is 5.31. The smallest absolute Gasteiger partial charge is 0.407 e. The summed E-state index contributed by atoms with van der Waals surface area (Å²) in [6.07, 6.45) is 1.53. The Labute approximate surface area is 243 Å². The van der Waals surface area contributed by atoms with E-state index < -0.39 is 29.7 Å². The Morgan fingerprint density at radius 3 is 2.55 bits per heavy atom. The average Bonchev–Trinajstić information content (AvgIpc) is 3.58. The summed E-state index contributed by atoms with van der Waals surface area (Å²) in [6, 6.07) is 23.1. The van der Waals surface area contributed by atoms with Crippen LogP contribution in [-0.2, 0) is 15.9 Å². The van der Waals surface area contributed by atoms with Crippen LogP contribution in [0.4, 0.5) is 10.5 Å². The van der Waals surface area contributed by atoms with Gasteiger partial charge in [0, 0.05) is 33.7 Å². The Hall–Kier alpha value is -5.23. The fraction of sp³-hybridized carbons (Fsp3) is 0.242. The number of carbonyl (C=O) groups excluding carboxylic acids is 2. The monoisotopic (exact) mass is 564 g/mol. The van der Waals surface area contributed by atoms with Crippen LogP contribution in [0.1, 0.15) is 36.7 Å². The first-order valence-electron chi connectivity index (χ1n) is 13.6. The van der Waals surface area contributed by atoms with Crippen LogP contribution in [0.15, 0.2) is 83.4 Å². The van der Waals surface area contributed by atoms with Gasteiger partial charge in [0.1, 0.15) is 23.0 Å². The predicted octanol–water partition coefficient (Wildman–Crippen LogP) is 6.81. The molecule has 9 nitrogen and oxygen atoms in total. The van der Waals surface area contributed by atoms with Crippen LogP contribution in [0.2, 0.25) is 0 Å². The van der Waals surface area contributed by atoms with E-state index in [1.807, 2.05) is 60.8 Å². The molecular formula is C33H32N4O5. The molecule has 42 heavy (non-hydrogen) atoms. The molecule has 0 spiro atoms. The van der Waals surface area contributed by atoms with Crippen molar-refractivity contribution in [3.8, 4) is 17.4 Å². The zero-order chi connectivity index (χ0) is 29.9. The lowest BCUT2D eigenvalue weighted by Crippen LogP contribution is -2.49. The number of alkyl carbamates (subject to hydrolysis) is 1. The highest BCUT2D eigenvalue weighted by atomic mass is 16.6. The number of benzene rings is 3. The molecule has 5 rings (SSSR count). The van der Waals surface area contributed by atoms with Crippen LogP contribution >= 0.6 is 0 Å². The van der Waals surface area contributed by atoms with Crippen LogP contribution in [-0.4, -0.2) is 41.8 Å². The maximum atomic E-state index is 12.9. The van der Waals surface area contributed by atoms with Crippen molar-refractivity contribution in [3.63, 3.8) is 0 Å². The molecule has 0 fully saturated rings. The molecule has 214 valence electrons. The van der Waals surface area contributed by atoms with Crippen LogP contribution in [0.5, 0.6) is 0 Å². The van der Waals surface area contributed by atoms with Gasteiger partial charge in [0.05, 0.1) is 24.8 Å². The number of carbonyl (C=O) groups is 2. The zero-order valence-corrected chi connectivity index (χ0v) is 23.9. The molecule has 3 aromatic carbocycles. The Kier molecular flexibility index (Phi) is 7.89. The fourth-order valence-electron chi connectivity index (χ4n) is 4.87. The number of ether oxygens (including phenoxy) is 2. The number of rotatable bonds is 8. The maximum absolute atomic E-state index is 12.9. The van der Waals surface area contributed by atoms with Crippen molar-refractivity contribution in [2.75, 3.05) is 12.4 Å². The summed E-state index contributed by atoms with van der Waals surface area (Å²) in [5.74, 6) is 0.00831. The standard InChI is InChI=1S/C33H32N4O5/c1-33(2,3)42-32(39)37-27(16-22-19-35-25-11-7-6-10-23(22)25)28(18-34)36-26-14-13-21(15-24(26)31(38)40-4)30-17-20-9-5-8-12-29(20)41-30/h5-15,17,19,27-28,35-36H,16H2,1-4H3,(H,37,39)/t27-,28-/m0/s1. The van der Waals surface area contributed by atoms with Gasteiger partial charge in [0.25, 0.3) is 0 Å². The Balaban J connectivity index is 1.48. The number of esters is 1. The van der Waals surface area contributed by atoms with Gasteiger partial charge in [-0.15, -0.1) is 0 Å². The van der Waals surface area contributed by atoms with E-state index in [1.165, 1.54) is 7.11 Å². The number of para-hydroxylation sites is 2. The van der Waals surface area contributed by atoms with Gasteiger partial charge in [-0.25, -0.2) is 9.59 Å². The molecule has 0 aliphatic heterocycles. The maximum Gasteiger partial charge on any atom is 0.407 e. The minimum absolute atomic E-state index is 0.221. The van der Waals surface area contributed by atoms with Crippen molar-refractivity contribution < 1.29 is 23.5 Å². The van der Waals surface area contributed by atoms with E-state index in [-0.39, 0.29) is 5.56 Å². The van der Waals surface area contributed by atoms with E-state index in [4.69, 9.17) is 13.9 Å². The number of hydrogen-bond acceptors (Lipinski definition) is 7. The molecule has 1 amide bonds. The molecule has 2 heterocycles. The first kappa shape index (κ1) is 28.3. The van der Waals surface area contributed by atoms with Crippen LogP contribution in [0.25, 0.3) is 33.2 Å².